The Kier molecular flexibility index (Phi) is 5.17. The summed E-state index contributed by atoms with van der Waals surface area (Å²) in [4.78, 5) is 12.4. The van der Waals surface area contributed by atoms with Crippen molar-refractivity contribution >= 4 is 10.9 Å². The molecule has 2 aromatic carbocycles. The molecule has 2 aromatic heterocycles. The monoisotopic (exact) mass is 400 g/mol. The fraction of sp³-hybridized carbons (Fsp3) is 0.250. The zero-order valence-electron chi connectivity index (χ0n) is 16.6. The Morgan fingerprint density at radius 1 is 1.10 bits per heavy atom. The molecular formula is C24H24N4O2. The first-order valence-corrected chi connectivity index (χ1v) is 10.3. The van der Waals surface area contributed by atoms with Crippen molar-refractivity contribution in [2.24, 2.45) is 0 Å². The van der Waals surface area contributed by atoms with Crippen LogP contribution in [0.25, 0.3) is 33.3 Å². The molecule has 3 heterocycles. The van der Waals surface area contributed by atoms with E-state index in [9.17, 15) is 5.11 Å². The van der Waals surface area contributed by atoms with Gasteiger partial charge in [0.1, 0.15) is 6.10 Å². The first-order valence-electron chi connectivity index (χ1n) is 10.3. The molecule has 6 nitrogen and oxygen atoms in total. The number of H-pyrrole nitrogens is 1. The maximum absolute atomic E-state index is 9.45. The Morgan fingerprint density at radius 2 is 2.03 bits per heavy atom. The van der Waals surface area contributed by atoms with Gasteiger partial charge in [-0.15, -0.1) is 0 Å². The number of nitrogens with zero attached hydrogens (tertiary/aromatic N) is 2. The third-order valence-corrected chi connectivity index (χ3v) is 5.55. The van der Waals surface area contributed by atoms with Gasteiger partial charge < -0.3 is 20.1 Å². The Labute approximate surface area is 175 Å². The fourth-order valence-electron chi connectivity index (χ4n) is 3.99. The van der Waals surface area contributed by atoms with Gasteiger partial charge in [-0.3, -0.25) is 4.98 Å². The molecule has 152 valence electrons. The quantitative estimate of drug-likeness (QED) is 0.473. The van der Waals surface area contributed by atoms with Crippen molar-refractivity contribution in [2.75, 3.05) is 13.1 Å². The number of fused-ring (bicyclic) bond motifs is 1. The second kappa shape index (κ2) is 8.26. The van der Waals surface area contributed by atoms with E-state index in [4.69, 9.17) is 9.72 Å². The van der Waals surface area contributed by atoms with Gasteiger partial charge in [0.2, 0.25) is 5.88 Å². The summed E-state index contributed by atoms with van der Waals surface area (Å²) < 4.78 is 6.05. The number of nitrogens with one attached hydrogen (secondary N) is 2. The SMILES string of the molecule is OCc1cccc(-c2ccc3[nH]cc(-c4cncc(O[C@@H]5CCCNC5)n4)c3c2)c1. The highest BCUT2D eigenvalue weighted by Crippen LogP contribution is 2.32. The van der Waals surface area contributed by atoms with Crippen LogP contribution < -0.4 is 10.1 Å². The van der Waals surface area contributed by atoms with Crippen LogP contribution in [-0.4, -0.2) is 39.3 Å². The van der Waals surface area contributed by atoms with Crippen LogP contribution in [0.15, 0.2) is 61.1 Å². The van der Waals surface area contributed by atoms with Crippen LogP contribution in [0.2, 0.25) is 0 Å². The highest BCUT2D eigenvalue weighted by molar-refractivity contribution is 5.97. The van der Waals surface area contributed by atoms with Crippen molar-refractivity contribution < 1.29 is 9.84 Å². The van der Waals surface area contributed by atoms with E-state index in [-0.39, 0.29) is 12.7 Å². The maximum atomic E-state index is 9.45. The molecule has 0 aliphatic carbocycles. The lowest BCUT2D eigenvalue weighted by Gasteiger charge is -2.23. The Bertz CT molecular complexity index is 1160. The van der Waals surface area contributed by atoms with Crippen molar-refractivity contribution in [3.8, 4) is 28.3 Å². The summed E-state index contributed by atoms with van der Waals surface area (Å²) in [5.41, 5.74) is 5.87. The molecule has 1 aliphatic heterocycles. The molecule has 3 N–H and O–H groups in total. The molecule has 5 rings (SSSR count). The minimum Gasteiger partial charge on any atom is -0.472 e. The van der Waals surface area contributed by atoms with Crippen LogP contribution in [0.1, 0.15) is 18.4 Å². The van der Waals surface area contributed by atoms with E-state index < -0.39 is 0 Å². The smallest absolute Gasteiger partial charge is 0.233 e. The number of aliphatic hydroxyl groups is 1. The Hall–Kier alpha value is -3.22. The van der Waals surface area contributed by atoms with Gasteiger partial charge in [0.15, 0.2) is 0 Å². The van der Waals surface area contributed by atoms with Gasteiger partial charge in [0.25, 0.3) is 0 Å². The Morgan fingerprint density at radius 3 is 2.90 bits per heavy atom. The number of rotatable bonds is 5. The van der Waals surface area contributed by atoms with E-state index >= 15 is 0 Å². The zero-order valence-corrected chi connectivity index (χ0v) is 16.6. The van der Waals surface area contributed by atoms with Gasteiger partial charge >= 0.3 is 0 Å². The topological polar surface area (TPSA) is 83.1 Å². The average Bonchev–Trinajstić information content (AvgIpc) is 3.23. The van der Waals surface area contributed by atoms with Crippen LogP contribution in [0.3, 0.4) is 0 Å². The highest BCUT2D eigenvalue weighted by Gasteiger charge is 2.16. The fourth-order valence-corrected chi connectivity index (χ4v) is 3.99. The molecule has 0 amide bonds. The van der Waals surface area contributed by atoms with Crippen LogP contribution in [0.4, 0.5) is 0 Å². The molecule has 0 bridgehead atoms. The zero-order chi connectivity index (χ0) is 20.3. The Balaban J connectivity index is 1.49. The van der Waals surface area contributed by atoms with E-state index in [1.165, 1.54) is 0 Å². The van der Waals surface area contributed by atoms with Crippen molar-refractivity contribution in [2.45, 2.75) is 25.6 Å². The standard InChI is InChI=1S/C24H24N4O2/c29-15-16-3-1-4-17(9-16)18-6-7-22-20(10-18)21(12-27-22)23-13-26-14-24(28-23)30-19-5-2-8-25-11-19/h1,3-4,6-7,9-10,12-14,19,25,27,29H,2,5,8,11,15H2/t19-/m1/s1. The van der Waals surface area contributed by atoms with E-state index in [0.717, 1.165) is 64.8 Å². The van der Waals surface area contributed by atoms with Gasteiger partial charge in [0, 0.05) is 29.2 Å². The van der Waals surface area contributed by atoms with Gasteiger partial charge in [-0.2, -0.15) is 0 Å². The molecule has 0 unspecified atom stereocenters. The highest BCUT2D eigenvalue weighted by atomic mass is 16.5. The van der Waals surface area contributed by atoms with E-state index in [0.29, 0.717) is 5.88 Å². The molecule has 4 aromatic rings. The summed E-state index contributed by atoms with van der Waals surface area (Å²) in [5, 5.41) is 13.9. The number of benzene rings is 2. The van der Waals surface area contributed by atoms with Gasteiger partial charge in [-0.05, 0) is 54.3 Å². The number of ether oxygens (including phenoxy) is 1. The van der Waals surface area contributed by atoms with Gasteiger partial charge in [-0.25, -0.2) is 4.98 Å². The number of hydrogen-bond acceptors (Lipinski definition) is 5. The number of piperidine rings is 1. The van der Waals surface area contributed by atoms with E-state index in [2.05, 4.69) is 39.6 Å². The second-order valence-electron chi connectivity index (χ2n) is 7.65. The molecule has 0 spiro atoms. The third-order valence-electron chi connectivity index (χ3n) is 5.55. The lowest BCUT2D eigenvalue weighted by atomic mass is 10.0. The van der Waals surface area contributed by atoms with Gasteiger partial charge in [-0.1, -0.05) is 24.3 Å². The van der Waals surface area contributed by atoms with Crippen LogP contribution >= 0.6 is 0 Å². The lowest BCUT2D eigenvalue weighted by Crippen LogP contribution is -2.37. The largest absolute Gasteiger partial charge is 0.472 e. The summed E-state index contributed by atoms with van der Waals surface area (Å²) in [6.07, 6.45) is 7.70. The summed E-state index contributed by atoms with van der Waals surface area (Å²) in [7, 11) is 0. The number of hydrogen-bond donors (Lipinski definition) is 3. The molecule has 1 aliphatic rings. The molecular weight excluding hydrogens is 376 g/mol. The average molecular weight is 400 g/mol. The predicted molar refractivity (Wildman–Crippen MR) is 117 cm³/mol. The number of aromatic amines is 1. The van der Waals surface area contributed by atoms with Crippen LogP contribution in [-0.2, 0) is 6.61 Å². The summed E-state index contributed by atoms with van der Waals surface area (Å²) in [6, 6.07) is 14.3. The lowest BCUT2D eigenvalue weighted by molar-refractivity contribution is 0.160. The molecule has 1 fully saturated rings. The van der Waals surface area contributed by atoms with Gasteiger partial charge in [0.05, 0.1) is 24.7 Å². The minimum atomic E-state index is 0.0321. The molecule has 1 atom stereocenters. The van der Waals surface area contributed by atoms with E-state index in [1.54, 1.807) is 12.4 Å². The summed E-state index contributed by atoms with van der Waals surface area (Å²) in [6.45, 7) is 1.92. The van der Waals surface area contributed by atoms with Crippen molar-refractivity contribution in [1.82, 2.24) is 20.3 Å². The summed E-state index contributed by atoms with van der Waals surface area (Å²) >= 11 is 0. The molecule has 0 radical (unpaired) electrons. The maximum Gasteiger partial charge on any atom is 0.233 e. The molecule has 6 heteroatoms. The first-order chi connectivity index (χ1) is 14.8. The van der Waals surface area contributed by atoms with Crippen molar-refractivity contribution in [3.63, 3.8) is 0 Å². The van der Waals surface area contributed by atoms with E-state index in [1.807, 2.05) is 24.4 Å². The normalized spacial score (nSPS) is 16.6. The van der Waals surface area contributed by atoms with Crippen molar-refractivity contribution in [1.29, 1.82) is 0 Å². The molecule has 1 saturated heterocycles. The summed E-state index contributed by atoms with van der Waals surface area (Å²) in [5.74, 6) is 0.558. The predicted octanol–water partition coefficient (Wildman–Crippen LogP) is 3.92. The second-order valence-corrected chi connectivity index (χ2v) is 7.65. The van der Waals surface area contributed by atoms with Crippen LogP contribution in [0.5, 0.6) is 5.88 Å². The molecule has 30 heavy (non-hydrogen) atoms. The molecule has 0 saturated carbocycles. The third kappa shape index (κ3) is 3.79. The number of aromatic nitrogens is 3. The number of aliphatic hydroxyl groups excluding tert-OH is 1. The van der Waals surface area contributed by atoms with Crippen molar-refractivity contribution in [3.05, 3.63) is 66.6 Å². The minimum absolute atomic E-state index is 0.0321. The van der Waals surface area contributed by atoms with Crippen LogP contribution in [0, 0.1) is 0 Å². The first kappa shape index (κ1) is 18.8.